The first-order valence-corrected chi connectivity index (χ1v) is 9.32. The second-order valence-electron chi connectivity index (χ2n) is 7.26. The van der Waals surface area contributed by atoms with Crippen LogP contribution in [-0.2, 0) is 13.6 Å². The fourth-order valence-corrected chi connectivity index (χ4v) is 3.42. The minimum atomic E-state index is -0.667. The Balaban J connectivity index is 2.13. The van der Waals surface area contributed by atoms with Gasteiger partial charge in [0.25, 0.3) is 11.2 Å². The minimum Gasteiger partial charge on any atom is -0.338 e. The van der Waals surface area contributed by atoms with Crippen molar-refractivity contribution in [2.24, 2.45) is 7.05 Å². The van der Waals surface area contributed by atoms with Crippen LogP contribution in [0.1, 0.15) is 54.6 Å². The van der Waals surface area contributed by atoms with E-state index in [2.05, 4.69) is 5.32 Å². The molecule has 0 bridgehead atoms. The lowest BCUT2D eigenvalue weighted by Gasteiger charge is -2.11. The van der Waals surface area contributed by atoms with E-state index in [-0.39, 0.29) is 28.7 Å². The largest absolute Gasteiger partial charge is 0.338 e. The number of rotatable bonds is 5. The molecular weight excluding hydrogens is 376 g/mol. The fourth-order valence-electron chi connectivity index (χ4n) is 3.42. The number of carbonyl (C=O) groups is 1. The molecule has 1 aliphatic rings. The Morgan fingerprint density at radius 1 is 1.24 bits per heavy atom. The van der Waals surface area contributed by atoms with Crippen molar-refractivity contribution >= 4 is 23.4 Å². The number of nitro benzene ring substituents is 1. The number of nitrogens with one attached hydrogen (secondary N) is 1. The van der Waals surface area contributed by atoms with Gasteiger partial charge in [0.1, 0.15) is 11.4 Å². The van der Waals surface area contributed by atoms with Crippen LogP contribution >= 0.6 is 0 Å². The van der Waals surface area contributed by atoms with E-state index in [0.29, 0.717) is 24.1 Å². The van der Waals surface area contributed by atoms with Crippen molar-refractivity contribution in [3.05, 3.63) is 71.5 Å². The average Bonchev–Trinajstić information content (AvgIpc) is 2.99. The maximum atomic E-state index is 12.8. The van der Waals surface area contributed by atoms with Crippen molar-refractivity contribution in [3.8, 4) is 0 Å². The standard InChI is InChI=1S/C20H22N4O5/c1-5-8-23-18-16(19(26)22(4)20(23)27)17(25)14(21-18)9-12-6-7-13(11(2)3)15(10-12)24(28)29/h6-7,9-11,21H,5,8H2,1-4H3/b14-9-. The van der Waals surface area contributed by atoms with Gasteiger partial charge in [-0.15, -0.1) is 0 Å². The monoisotopic (exact) mass is 398 g/mol. The molecule has 2 aromatic rings. The van der Waals surface area contributed by atoms with E-state index < -0.39 is 22.0 Å². The summed E-state index contributed by atoms with van der Waals surface area (Å²) in [5, 5.41) is 14.3. The molecule has 9 heteroatoms. The Morgan fingerprint density at radius 2 is 1.93 bits per heavy atom. The molecule has 0 radical (unpaired) electrons. The van der Waals surface area contributed by atoms with Crippen molar-refractivity contribution in [1.29, 1.82) is 0 Å². The molecule has 0 unspecified atom stereocenters. The summed E-state index contributed by atoms with van der Waals surface area (Å²) < 4.78 is 2.28. The molecule has 0 amide bonds. The van der Waals surface area contributed by atoms with Crippen molar-refractivity contribution in [1.82, 2.24) is 9.13 Å². The number of aromatic nitrogens is 2. The lowest BCUT2D eigenvalue weighted by Crippen LogP contribution is -2.40. The number of anilines is 1. The summed E-state index contributed by atoms with van der Waals surface area (Å²) in [6, 6.07) is 4.75. The van der Waals surface area contributed by atoms with Crippen molar-refractivity contribution in [2.45, 2.75) is 39.7 Å². The first-order chi connectivity index (χ1) is 13.7. The molecule has 0 saturated heterocycles. The van der Waals surface area contributed by atoms with Gasteiger partial charge in [0.05, 0.1) is 10.6 Å². The Labute approximate surface area is 166 Å². The predicted molar refractivity (Wildman–Crippen MR) is 109 cm³/mol. The van der Waals surface area contributed by atoms with Gasteiger partial charge in [0, 0.05) is 25.2 Å². The molecule has 9 nitrogen and oxygen atoms in total. The third kappa shape index (κ3) is 3.39. The van der Waals surface area contributed by atoms with Gasteiger partial charge in [-0.25, -0.2) is 4.79 Å². The Kier molecular flexibility index (Phi) is 5.23. The molecule has 1 N–H and O–H groups in total. The summed E-state index contributed by atoms with van der Waals surface area (Å²) >= 11 is 0. The van der Waals surface area contributed by atoms with Crippen molar-refractivity contribution < 1.29 is 9.72 Å². The highest BCUT2D eigenvalue weighted by atomic mass is 16.6. The molecule has 3 rings (SSSR count). The normalized spacial score (nSPS) is 14.4. The van der Waals surface area contributed by atoms with Gasteiger partial charge in [0.15, 0.2) is 0 Å². The maximum Gasteiger partial charge on any atom is 0.332 e. The fraction of sp³-hybridized carbons (Fsp3) is 0.350. The Hall–Kier alpha value is -3.49. The average molecular weight is 398 g/mol. The zero-order valence-corrected chi connectivity index (χ0v) is 16.7. The van der Waals surface area contributed by atoms with Crippen LogP contribution < -0.4 is 16.6 Å². The molecule has 1 aliphatic heterocycles. The van der Waals surface area contributed by atoms with Crippen LogP contribution in [0.15, 0.2) is 33.5 Å². The molecular formula is C20H22N4O5. The zero-order valence-electron chi connectivity index (χ0n) is 16.7. The Bertz CT molecular complexity index is 1170. The van der Waals surface area contributed by atoms with Crippen LogP contribution in [0.2, 0.25) is 0 Å². The number of nitrogens with zero attached hydrogens (tertiary/aromatic N) is 3. The van der Waals surface area contributed by atoms with Gasteiger partial charge in [-0.3, -0.25) is 28.8 Å². The van der Waals surface area contributed by atoms with Crippen LogP contribution in [0.4, 0.5) is 11.5 Å². The molecule has 2 heterocycles. The first-order valence-electron chi connectivity index (χ1n) is 9.32. The zero-order chi connectivity index (χ0) is 21.5. The first kappa shape index (κ1) is 20.2. The highest BCUT2D eigenvalue weighted by Crippen LogP contribution is 2.30. The van der Waals surface area contributed by atoms with Gasteiger partial charge in [0.2, 0.25) is 5.78 Å². The summed E-state index contributed by atoms with van der Waals surface area (Å²) in [5.74, 6) is -0.398. The summed E-state index contributed by atoms with van der Waals surface area (Å²) in [4.78, 5) is 48.7. The molecule has 29 heavy (non-hydrogen) atoms. The van der Waals surface area contributed by atoms with E-state index in [1.807, 2.05) is 20.8 Å². The summed E-state index contributed by atoms with van der Waals surface area (Å²) in [7, 11) is 1.33. The van der Waals surface area contributed by atoms with Gasteiger partial charge in [-0.05, 0) is 24.0 Å². The predicted octanol–water partition coefficient (Wildman–Crippen LogP) is 2.64. The molecule has 0 spiro atoms. The van der Waals surface area contributed by atoms with E-state index >= 15 is 0 Å². The van der Waals surface area contributed by atoms with Gasteiger partial charge < -0.3 is 5.32 Å². The molecule has 152 valence electrons. The summed E-state index contributed by atoms with van der Waals surface area (Å²) in [6.45, 7) is 5.95. The third-order valence-electron chi connectivity index (χ3n) is 4.90. The smallest absolute Gasteiger partial charge is 0.332 e. The molecule has 1 aromatic heterocycles. The molecule has 0 saturated carbocycles. The van der Waals surface area contributed by atoms with E-state index in [9.17, 15) is 24.5 Å². The lowest BCUT2D eigenvalue weighted by atomic mass is 9.99. The Morgan fingerprint density at radius 3 is 2.52 bits per heavy atom. The van der Waals surface area contributed by atoms with Gasteiger partial charge in [-0.2, -0.15) is 0 Å². The quantitative estimate of drug-likeness (QED) is 0.470. The lowest BCUT2D eigenvalue weighted by molar-refractivity contribution is -0.385. The number of benzene rings is 1. The van der Waals surface area contributed by atoms with Crippen LogP contribution in [0, 0.1) is 10.1 Å². The highest BCUT2D eigenvalue weighted by Gasteiger charge is 2.32. The number of Topliss-reactive ketones (excluding diaryl/α,β-unsaturated/α-hetero) is 1. The molecule has 0 aliphatic carbocycles. The van der Waals surface area contributed by atoms with E-state index in [1.54, 1.807) is 12.1 Å². The number of carbonyl (C=O) groups excluding carboxylic acids is 1. The highest BCUT2D eigenvalue weighted by molar-refractivity contribution is 6.19. The topological polar surface area (TPSA) is 116 Å². The number of nitro groups is 1. The summed E-state index contributed by atoms with van der Waals surface area (Å²) in [6.07, 6.45) is 2.10. The maximum absolute atomic E-state index is 12.8. The molecule has 1 aromatic carbocycles. The van der Waals surface area contributed by atoms with Gasteiger partial charge in [-0.1, -0.05) is 32.9 Å². The summed E-state index contributed by atoms with van der Waals surface area (Å²) in [5.41, 5.74) is -0.161. The number of allylic oxidation sites excluding steroid dienone is 1. The van der Waals surface area contributed by atoms with Crippen LogP contribution in [0.5, 0.6) is 0 Å². The van der Waals surface area contributed by atoms with Crippen LogP contribution in [0.3, 0.4) is 0 Å². The van der Waals surface area contributed by atoms with Crippen LogP contribution in [-0.4, -0.2) is 19.8 Å². The molecule has 0 atom stereocenters. The number of hydrogen-bond donors (Lipinski definition) is 1. The van der Waals surface area contributed by atoms with Crippen molar-refractivity contribution in [3.63, 3.8) is 0 Å². The van der Waals surface area contributed by atoms with E-state index in [1.165, 1.54) is 23.8 Å². The SMILES string of the molecule is CCCn1c2c(c(=O)n(C)c1=O)C(=O)/C(=C/c1ccc(C(C)C)c([N+](=O)[O-])c1)N2. The van der Waals surface area contributed by atoms with E-state index in [0.717, 1.165) is 4.57 Å². The van der Waals surface area contributed by atoms with Crippen LogP contribution in [0.25, 0.3) is 6.08 Å². The van der Waals surface area contributed by atoms with Gasteiger partial charge >= 0.3 is 5.69 Å². The molecule has 0 fully saturated rings. The third-order valence-corrected chi connectivity index (χ3v) is 4.90. The number of hydrogen-bond acceptors (Lipinski definition) is 6. The van der Waals surface area contributed by atoms with E-state index in [4.69, 9.17) is 0 Å². The minimum absolute atomic E-state index is 0.0286. The second kappa shape index (κ2) is 7.50. The second-order valence-corrected chi connectivity index (χ2v) is 7.26. The number of fused-ring (bicyclic) bond motifs is 1. The van der Waals surface area contributed by atoms with Crippen molar-refractivity contribution in [2.75, 3.05) is 5.32 Å². The number of ketones is 1.